The van der Waals surface area contributed by atoms with Gasteiger partial charge in [0.15, 0.2) is 0 Å². The molecule has 60 valence electrons. The molecule has 1 saturated heterocycles. The fraction of sp³-hybridized carbons (Fsp3) is 1.00. The van der Waals surface area contributed by atoms with Gasteiger partial charge in [-0.1, -0.05) is 0 Å². The van der Waals surface area contributed by atoms with Crippen molar-refractivity contribution in [3.05, 3.63) is 0 Å². The van der Waals surface area contributed by atoms with Gasteiger partial charge in [0, 0.05) is 12.6 Å². The van der Waals surface area contributed by atoms with Crippen LogP contribution in [0.25, 0.3) is 0 Å². The van der Waals surface area contributed by atoms with Gasteiger partial charge in [-0.25, -0.2) is 0 Å². The van der Waals surface area contributed by atoms with Crippen molar-refractivity contribution in [1.82, 2.24) is 4.90 Å². The molecule has 0 amide bonds. The maximum atomic E-state index is 9.36. The number of hydrogen-bond donors (Lipinski definition) is 2. The van der Waals surface area contributed by atoms with Gasteiger partial charge >= 0.3 is 0 Å². The molecule has 0 radical (unpaired) electrons. The molecule has 10 heavy (non-hydrogen) atoms. The highest BCUT2D eigenvalue weighted by Gasteiger charge is 2.26. The summed E-state index contributed by atoms with van der Waals surface area (Å²) in [6.45, 7) is 1.48. The van der Waals surface area contributed by atoms with Gasteiger partial charge in [0.25, 0.3) is 0 Å². The Bertz CT molecular complexity index is 108. The quantitative estimate of drug-likeness (QED) is 0.544. The van der Waals surface area contributed by atoms with E-state index in [0.29, 0.717) is 12.6 Å². The molecular formula is C7H16N2O. The van der Waals surface area contributed by atoms with E-state index in [0.717, 1.165) is 13.0 Å². The normalized spacial score (nSPS) is 30.9. The van der Waals surface area contributed by atoms with Crippen LogP contribution in [0.4, 0.5) is 0 Å². The van der Waals surface area contributed by atoms with Crippen molar-refractivity contribution in [2.24, 2.45) is 5.73 Å². The molecule has 0 saturated carbocycles. The molecule has 1 fully saturated rings. The van der Waals surface area contributed by atoms with Crippen molar-refractivity contribution in [2.45, 2.75) is 25.0 Å². The zero-order valence-electron chi connectivity index (χ0n) is 6.45. The van der Waals surface area contributed by atoms with E-state index in [9.17, 15) is 5.11 Å². The smallest absolute Gasteiger partial charge is 0.0817 e. The van der Waals surface area contributed by atoms with Crippen molar-refractivity contribution in [2.75, 3.05) is 20.1 Å². The first-order valence-electron chi connectivity index (χ1n) is 3.84. The third kappa shape index (κ3) is 1.48. The zero-order chi connectivity index (χ0) is 7.56. The lowest BCUT2D eigenvalue weighted by molar-refractivity contribution is 0.0924. The van der Waals surface area contributed by atoms with Crippen LogP contribution in [0.3, 0.4) is 0 Å². The van der Waals surface area contributed by atoms with E-state index in [-0.39, 0.29) is 6.10 Å². The minimum absolute atomic E-state index is 0.310. The minimum atomic E-state index is -0.326. The van der Waals surface area contributed by atoms with Crippen LogP contribution in [-0.2, 0) is 0 Å². The molecule has 0 aliphatic carbocycles. The molecule has 0 aromatic rings. The second-order valence-corrected chi connectivity index (χ2v) is 2.99. The van der Waals surface area contributed by atoms with Gasteiger partial charge in [-0.3, -0.25) is 0 Å². The van der Waals surface area contributed by atoms with Crippen LogP contribution in [0.5, 0.6) is 0 Å². The average molecular weight is 144 g/mol. The Labute approximate surface area is 61.8 Å². The molecule has 1 rings (SSSR count). The molecular weight excluding hydrogens is 128 g/mol. The van der Waals surface area contributed by atoms with E-state index in [1.165, 1.54) is 6.42 Å². The standard InChI is InChI=1S/C7H16N2O/c1-9-4-2-3-6(9)7(10)5-8/h6-7,10H,2-5,8H2,1H3/t6-,7+/m1/s1. The summed E-state index contributed by atoms with van der Waals surface area (Å²) in [6, 6.07) is 0.310. The van der Waals surface area contributed by atoms with Gasteiger partial charge in [-0.15, -0.1) is 0 Å². The molecule has 2 atom stereocenters. The lowest BCUT2D eigenvalue weighted by Gasteiger charge is -2.23. The molecule has 3 N–H and O–H groups in total. The van der Waals surface area contributed by atoms with Crippen molar-refractivity contribution >= 4 is 0 Å². The van der Waals surface area contributed by atoms with Crippen LogP contribution in [0, 0.1) is 0 Å². The third-order valence-corrected chi connectivity index (χ3v) is 2.26. The Morgan fingerprint density at radius 3 is 2.90 bits per heavy atom. The van der Waals surface area contributed by atoms with Crippen LogP contribution in [0.1, 0.15) is 12.8 Å². The van der Waals surface area contributed by atoms with Crippen LogP contribution in [0.15, 0.2) is 0 Å². The van der Waals surface area contributed by atoms with Crippen LogP contribution in [0.2, 0.25) is 0 Å². The first-order valence-corrected chi connectivity index (χ1v) is 3.84. The SMILES string of the molecule is CN1CCC[C@@H]1[C@@H](O)CN. The summed E-state index contributed by atoms with van der Waals surface area (Å²) in [5.74, 6) is 0. The lowest BCUT2D eigenvalue weighted by atomic mass is 10.1. The monoisotopic (exact) mass is 144 g/mol. The van der Waals surface area contributed by atoms with Gasteiger partial charge < -0.3 is 15.7 Å². The van der Waals surface area contributed by atoms with Crippen molar-refractivity contribution in [1.29, 1.82) is 0 Å². The van der Waals surface area contributed by atoms with Crippen molar-refractivity contribution in [3.63, 3.8) is 0 Å². The molecule has 0 spiro atoms. The summed E-state index contributed by atoms with van der Waals surface area (Å²) >= 11 is 0. The third-order valence-electron chi connectivity index (χ3n) is 2.26. The Hall–Kier alpha value is -0.120. The lowest BCUT2D eigenvalue weighted by Crippen LogP contribution is -2.40. The Kier molecular flexibility index (Phi) is 2.65. The summed E-state index contributed by atoms with van der Waals surface area (Å²) in [6.07, 6.45) is 1.96. The molecule has 0 aromatic carbocycles. The number of nitrogens with zero attached hydrogens (tertiary/aromatic N) is 1. The highest BCUT2D eigenvalue weighted by molar-refractivity contribution is 4.82. The van der Waals surface area contributed by atoms with E-state index in [1.54, 1.807) is 0 Å². The molecule has 3 nitrogen and oxygen atoms in total. The van der Waals surface area contributed by atoms with E-state index in [1.807, 2.05) is 7.05 Å². The molecule has 3 heteroatoms. The fourth-order valence-electron chi connectivity index (χ4n) is 1.58. The first-order chi connectivity index (χ1) is 4.75. The van der Waals surface area contributed by atoms with Gasteiger partial charge in [0.2, 0.25) is 0 Å². The summed E-state index contributed by atoms with van der Waals surface area (Å²) < 4.78 is 0. The Morgan fingerprint density at radius 2 is 2.50 bits per heavy atom. The topological polar surface area (TPSA) is 49.5 Å². The number of nitrogens with two attached hydrogens (primary N) is 1. The molecule has 0 bridgehead atoms. The maximum absolute atomic E-state index is 9.36. The molecule has 1 aliphatic heterocycles. The Morgan fingerprint density at radius 1 is 1.80 bits per heavy atom. The molecule has 1 aliphatic rings. The average Bonchev–Trinajstić information content (AvgIpc) is 2.34. The van der Waals surface area contributed by atoms with Gasteiger partial charge in [0.1, 0.15) is 0 Å². The summed E-state index contributed by atoms with van der Waals surface area (Å²) in [5.41, 5.74) is 5.34. The summed E-state index contributed by atoms with van der Waals surface area (Å²) in [7, 11) is 2.04. The number of aliphatic hydroxyl groups is 1. The minimum Gasteiger partial charge on any atom is -0.390 e. The van der Waals surface area contributed by atoms with Crippen molar-refractivity contribution in [3.8, 4) is 0 Å². The highest BCUT2D eigenvalue weighted by atomic mass is 16.3. The fourth-order valence-corrected chi connectivity index (χ4v) is 1.58. The van der Waals surface area contributed by atoms with Gasteiger partial charge in [0.05, 0.1) is 6.10 Å². The number of likely N-dealkylation sites (tertiary alicyclic amines) is 1. The van der Waals surface area contributed by atoms with Crippen LogP contribution < -0.4 is 5.73 Å². The first kappa shape index (κ1) is 7.98. The summed E-state index contributed by atoms with van der Waals surface area (Å²) in [4.78, 5) is 2.18. The van der Waals surface area contributed by atoms with Gasteiger partial charge in [-0.2, -0.15) is 0 Å². The predicted octanol–water partition coefficient (Wildman–Crippen LogP) is -0.600. The van der Waals surface area contributed by atoms with Crippen molar-refractivity contribution < 1.29 is 5.11 Å². The Balaban J connectivity index is 2.38. The maximum Gasteiger partial charge on any atom is 0.0817 e. The second kappa shape index (κ2) is 3.32. The van der Waals surface area contributed by atoms with Crippen LogP contribution >= 0.6 is 0 Å². The van der Waals surface area contributed by atoms with E-state index in [2.05, 4.69) is 4.90 Å². The second-order valence-electron chi connectivity index (χ2n) is 2.99. The van der Waals surface area contributed by atoms with E-state index < -0.39 is 0 Å². The number of rotatable bonds is 2. The number of hydrogen-bond acceptors (Lipinski definition) is 3. The molecule has 0 aromatic heterocycles. The summed E-state index contributed by atoms with van der Waals surface area (Å²) in [5, 5.41) is 9.36. The predicted molar refractivity (Wildman–Crippen MR) is 40.7 cm³/mol. The molecule has 0 unspecified atom stereocenters. The van der Waals surface area contributed by atoms with Gasteiger partial charge in [-0.05, 0) is 26.4 Å². The highest BCUT2D eigenvalue weighted by Crippen LogP contribution is 2.17. The number of aliphatic hydroxyl groups excluding tert-OH is 1. The van der Waals surface area contributed by atoms with E-state index >= 15 is 0 Å². The largest absolute Gasteiger partial charge is 0.390 e. The van der Waals surface area contributed by atoms with E-state index in [4.69, 9.17) is 5.73 Å². The number of likely N-dealkylation sites (N-methyl/N-ethyl adjacent to an activating group) is 1. The van der Waals surface area contributed by atoms with Crippen LogP contribution in [-0.4, -0.2) is 42.3 Å². The zero-order valence-corrected chi connectivity index (χ0v) is 6.45. The molecule has 1 heterocycles.